The van der Waals surface area contributed by atoms with Gasteiger partial charge in [-0.1, -0.05) is 0 Å². The van der Waals surface area contributed by atoms with Crippen molar-refractivity contribution >= 4 is 28.5 Å². The quantitative estimate of drug-likeness (QED) is 0.682. The Morgan fingerprint density at radius 3 is 2.92 bits per heavy atom. The number of aromatic amines is 1. The molecule has 2 heterocycles. The minimum absolute atomic E-state index is 0.0498. The molecule has 2 aromatic heterocycles. The third-order valence-corrected chi connectivity index (χ3v) is 4.51. The number of halogens is 1. The number of nitrogens with zero attached hydrogens (tertiary/aromatic N) is 3. The first kappa shape index (κ1) is 18.5. The van der Waals surface area contributed by atoms with E-state index in [4.69, 9.17) is 16.3 Å². The number of ether oxygens (including phenoxy) is 1. The Labute approximate surface area is 157 Å². The molecule has 0 spiro atoms. The number of hydrogen-bond donors (Lipinski definition) is 1. The lowest BCUT2D eigenvalue weighted by molar-refractivity contribution is 0.0675. The zero-order valence-electron chi connectivity index (χ0n) is 15.2. The number of aromatic nitrogens is 3. The highest BCUT2D eigenvalue weighted by Crippen LogP contribution is 2.19. The Morgan fingerprint density at radius 1 is 1.38 bits per heavy atom. The van der Waals surface area contributed by atoms with E-state index in [-0.39, 0.29) is 5.91 Å². The van der Waals surface area contributed by atoms with Gasteiger partial charge in [0, 0.05) is 37.2 Å². The molecule has 3 rings (SSSR count). The largest absolute Gasteiger partial charge is 0.383 e. The second kappa shape index (κ2) is 7.93. The summed E-state index contributed by atoms with van der Waals surface area (Å²) >= 11 is 5.91. The highest BCUT2D eigenvalue weighted by atomic mass is 35.5. The Kier molecular flexibility index (Phi) is 5.64. The fourth-order valence-electron chi connectivity index (χ4n) is 3.01. The number of nitrogens with one attached hydrogen (secondary N) is 1. The number of imidazole rings is 1. The van der Waals surface area contributed by atoms with Gasteiger partial charge in [0.25, 0.3) is 5.91 Å². The summed E-state index contributed by atoms with van der Waals surface area (Å²) in [6.07, 6.45) is 2.04. The minimum Gasteiger partial charge on any atom is -0.383 e. The molecule has 0 fully saturated rings. The monoisotopic (exact) mass is 374 g/mol. The van der Waals surface area contributed by atoms with Crippen LogP contribution < -0.4 is 0 Å². The van der Waals surface area contributed by atoms with Crippen LogP contribution in [0.25, 0.3) is 11.0 Å². The van der Waals surface area contributed by atoms with Crippen molar-refractivity contribution in [1.82, 2.24) is 19.4 Å². The summed E-state index contributed by atoms with van der Waals surface area (Å²) in [7, 11) is 1.64. The molecule has 1 amide bonds. The Hall–Kier alpha value is -2.31. The molecule has 0 saturated heterocycles. The lowest BCUT2D eigenvalue weighted by Gasteiger charge is -2.24. The molecule has 7 heteroatoms. The van der Waals surface area contributed by atoms with Gasteiger partial charge in [0.1, 0.15) is 0 Å². The molecule has 0 bridgehead atoms. The van der Waals surface area contributed by atoms with Crippen LogP contribution in [-0.4, -0.2) is 45.6 Å². The Bertz CT molecular complexity index is 900. The van der Waals surface area contributed by atoms with E-state index < -0.39 is 0 Å². The second-order valence-corrected chi connectivity index (χ2v) is 6.84. The van der Waals surface area contributed by atoms with E-state index in [1.54, 1.807) is 30.2 Å². The minimum atomic E-state index is -0.0498. The maximum atomic E-state index is 13.1. The van der Waals surface area contributed by atoms with Gasteiger partial charge in [-0.05, 0) is 55.8 Å². The molecular formula is C19H23ClN4O2. The summed E-state index contributed by atoms with van der Waals surface area (Å²) < 4.78 is 7.37. The van der Waals surface area contributed by atoms with Gasteiger partial charge in [0.2, 0.25) is 5.28 Å². The van der Waals surface area contributed by atoms with Gasteiger partial charge in [0.05, 0.1) is 24.2 Å². The normalized spacial score (nSPS) is 11.4. The summed E-state index contributed by atoms with van der Waals surface area (Å²) in [6.45, 7) is 5.77. The third-order valence-electron chi connectivity index (χ3n) is 4.33. The maximum absolute atomic E-state index is 13.1. The highest BCUT2D eigenvalue weighted by molar-refractivity contribution is 6.29. The average molecular weight is 375 g/mol. The SMILES string of the molecule is COCCN(Cc1cccn1C(C)C)C(=O)c1ccc2nc(Cl)[nH]c2c1. The number of benzene rings is 1. The van der Waals surface area contributed by atoms with E-state index in [1.165, 1.54) is 0 Å². The molecule has 0 aliphatic carbocycles. The third kappa shape index (κ3) is 3.92. The molecule has 0 aliphatic rings. The van der Waals surface area contributed by atoms with E-state index in [0.717, 1.165) is 16.7 Å². The van der Waals surface area contributed by atoms with Crippen molar-refractivity contribution in [2.75, 3.05) is 20.3 Å². The fraction of sp³-hybridized carbons (Fsp3) is 0.368. The number of carbonyl (C=O) groups excluding carboxylic acids is 1. The van der Waals surface area contributed by atoms with Gasteiger partial charge in [-0.25, -0.2) is 4.98 Å². The standard InChI is InChI=1S/C19H23ClN4O2/c1-13(2)24-8-4-5-15(24)12-23(9-10-26-3)18(25)14-6-7-16-17(11-14)22-19(20)21-16/h4-8,11,13H,9-10,12H2,1-3H3,(H,21,22). The van der Waals surface area contributed by atoms with Crippen LogP contribution in [0.1, 0.15) is 35.9 Å². The van der Waals surface area contributed by atoms with Crippen molar-refractivity contribution in [3.63, 3.8) is 0 Å². The van der Waals surface area contributed by atoms with Crippen molar-refractivity contribution in [3.8, 4) is 0 Å². The lowest BCUT2D eigenvalue weighted by atomic mass is 10.1. The van der Waals surface area contributed by atoms with E-state index in [0.29, 0.717) is 36.6 Å². The molecule has 0 aliphatic heterocycles. The van der Waals surface area contributed by atoms with Crippen LogP contribution in [-0.2, 0) is 11.3 Å². The number of amides is 1. The van der Waals surface area contributed by atoms with E-state index in [2.05, 4.69) is 28.4 Å². The van der Waals surface area contributed by atoms with E-state index in [9.17, 15) is 4.79 Å². The summed E-state index contributed by atoms with van der Waals surface area (Å²) in [5, 5.41) is 0.315. The average Bonchev–Trinajstić information content (AvgIpc) is 3.22. The number of rotatable bonds is 7. The molecule has 1 aromatic carbocycles. The van der Waals surface area contributed by atoms with Crippen molar-refractivity contribution in [2.45, 2.75) is 26.4 Å². The first-order valence-corrected chi connectivity index (χ1v) is 8.96. The molecule has 0 radical (unpaired) electrons. The van der Waals surface area contributed by atoms with Crippen molar-refractivity contribution in [1.29, 1.82) is 0 Å². The predicted octanol–water partition coefficient (Wildman–Crippen LogP) is 3.89. The molecular weight excluding hydrogens is 352 g/mol. The Balaban J connectivity index is 1.87. The number of hydrogen-bond acceptors (Lipinski definition) is 3. The first-order valence-electron chi connectivity index (χ1n) is 8.58. The molecule has 0 atom stereocenters. The summed E-state index contributed by atoms with van der Waals surface area (Å²) in [5.41, 5.74) is 3.17. The van der Waals surface area contributed by atoms with E-state index in [1.807, 2.05) is 18.3 Å². The fourth-order valence-corrected chi connectivity index (χ4v) is 3.20. The topological polar surface area (TPSA) is 63.1 Å². The van der Waals surface area contributed by atoms with Gasteiger partial charge in [0.15, 0.2) is 0 Å². The van der Waals surface area contributed by atoms with Crippen LogP contribution in [0, 0.1) is 0 Å². The van der Waals surface area contributed by atoms with Gasteiger partial charge in [-0.2, -0.15) is 0 Å². The number of carbonyl (C=O) groups is 1. The number of methoxy groups -OCH3 is 1. The van der Waals surface area contributed by atoms with E-state index >= 15 is 0 Å². The molecule has 0 unspecified atom stereocenters. The molecule has 6 nitrogen and oxygen atoms in total. The first-order chi connectivity index (χ1) is 12.5. The predicted molar refractivity (Wildman–Crippen MR) is 103 cm³/mol. The van der Waals surface area contributed by atoms with Gasteiger partial charge in [-0.15, -0.1) is 0 Å². The smallest absolute Gasteiger partial charge is 0.254 e. The highest BCUT2D eigenvalue weighted by Gasteiger charge is 2.19. The van der Waals surface area contributed by atoms with Crippen LogP contribution in [0.3, 0.4) is 0 Å². The summed E-state index contributed by atoms with van der Waals surface area (Å²) in [4.78, 5) is 22.0. The molecule has 1 N–H and O–H groups in total. The van der Waals surface area contributed by atoms with Gasteiger partial charge < -0.3 is 19.2 Å². The lowest BCUT2D eigenvalue weighted by Crippen LogP contribution is -2.34. The van der Waals surface area contributed by atoms with Crippen molar-refractivity contribution in [3.05, 3.63) is 53.1 Å². The molecule has 3 aromatic rings. The molecule has 0 saturated carbocycles. The molecule has 26 heavy (non-hydrogen) atoms. The zero-order valence-corrected chi connectivity index (χ0v) is 16.0. The van der Waals surface area contributed by atoms with Crippen LogP contribution in [0.2, 0.25) is 5.28 Å². The van der Waals surface area contributed by atoms with Gasteiger partial charge >= 0.3 is 0 Å². The maximum Gasteiger partial charge on any atom is 0.254 e. The second-order valence-electron chi connectivity index (χ2n) is 6.48. The number of fused-ring (bicyclic) bond motifs is 1. The Morgan fingerprint density at radius 2 is 2.19 bits per heavy atom. The van der Waals surface area contributed by atoms with Crippen molar-refractivity contribution in [2.24, 2.45) is 0 Å². The van der Waals surface area contributed by atoms with Gasteiger partial charge in [-0.3, -0.25) is 4.79 Å². The van der Waals surface area contributed by atoms with Crippen molar-refractivity contribution < 1.29 is 9.53 Å². The van der Waals surface area contributed by atoms with Crippen LogP contribution in [0.4, 0.5) is 0 Å². The van der Waals surface area contributed by atoms with Crippen LogP contribution in [0.15, 0.2) is 36.5 Å². The van der Waals surface area contributed by atoms with Crippen LogP contribution in [0.5, 0.6) is 0 Å². The van der Waals surface area contributed by atoms with Crippen LogP contribution >= 0.6 is 11.6 Å². The zero-order chi connectivity index (χ0) is 18.7. The summed E-state index contributed by atoms with van der Waals surface area (Å²) in [6, 6.07) is 9.76. The number of H-pyrrole nitrogens is 1. The molecule has 138 valence electrons. The summed E-state index contributed by atoms with van der Waals surface area (Å²) in [5.74, 6) is -0.0498.